The summed E-state index contributed by atoms with van der Waals surface area (Å²) in [6, 6.07) is 1.44. The van der Waals surface area contributed by atoms with E-state index in [0.29, 0.717) is 37.0 Å². The molecule has 1 amide bonds. The molecule has 12 heteroatoms. The highest BCUT2D eigenvalue weighted by atomic mass is 32.2. The predicted molar refractivity (Wildman–Crippen MR) is 128 cm³/mol. The van der Waals surface area contributed by atoms with Crippen molar-refractivity contribution >= 4 is 39.9 Å². The third-order valence-corrected chi connectivity index (χ3v) is 5.29. The van der Waals surface area contributed by atoms with E-state index in [0.717, 1.165) is 30.8 Å². The van der Waals surface area contributed by atoms with Crippen LogP contribution in [0.5, 0.6) is 5.75 Å². The van der Waals surface area contributed by atoms with Gasteiger partial charge < -0.3 is 35.7 Å². The van der Waals surface area contributed by atoms with Gasteiger partial charge in [-0.25, -0.2) is 9.79 Å². The minimum absolute atomic E-state index is 0. The zero-order valence-corrected chi connectivity index (χ0v) is 19.1. The Morgan fingerprint density at radius 2 is 2.00 bits per heavy atom. The topological polar surface area (TPSA) is 170 Å². The lowest BCUT2D eigenvalue weighted by molar-refractivity contribution is 0.0971. The van der Waals surface area contributed by atoms with Crippen molar-refractivity contribution in [1.82, 2.24) is 0 Å². The number of carbonyl (C=O) groups is 1. The maximum Gasteiger partial charge on any atom is 0.381 e. The summed E-state index contributed by atoms with van der Waals surface area (Å²) < 4.78 is 15.6. The molecule has 1 aliphatic rings. The first kappa shape index (κ1) is 25.1. The summed E-state index contributed by atoms with van der Waals surface area (Å²) in [5, 5.41) is 6.89. The molecule has 0 radical (unpaired) electrons. The Bertz CT molecular complexity index is 986. The lowest BCUT2D eigenvalue weighted by atomic mass is 9.97. The van der Waals surface area contributed by atoms with Crippen LogP contribution in [-0.4, -0.2) is 56.4 Å². The highest BCUT2D eigenvalue weighted by molar-refractivity contribution is 8.26. The number of amides is 1. The van der Waals surface area contributed by atoms with E-state index in [9.17, 15) is 9.59 Å². The molecule has 0 atom stereocenters. The predicted octanol–water partition coefficient (Wildman–Crippen LogP) is 1.81. The van der Waals surface area contributed by atoms with Gasteiger partial charge in [-0.15, -0.1) is 0 Å². The van der Waals surface area contributed by atoms with Crippen LogP contribution in [0.3, 0.4) is 0 Å². The van der Waals surface area contributed by atoms with Crippen LogP contribution in [-0.2, 0) is 4.74 Å². The lowest BCUT2D eigenvalue weighted by Crippen LogP contribution is -2.36. The second-order valence-corrected chi connectivity index (χ2v) is 8.03. The fourth-order valence-electron chi connectivity index (χ4n) is 3.21. The van der Waals surface area contributed by atoms with E-state index in [4.69, 9.17) is 30.8 Å². The summed E-state index contributed by atoms with van der Waals surface area (Å²) in [7, 11) is 3.05. The van der Waals surface area contributed by atoms with E-state index in [1.165, 1.54) is 19.3 Å². The normalized spacial score (nSPS) is 16.2. The molecule has 0 spiro atoms. The van der Waals surface area contributed by atoms with Crippen LogP contribution in [0.4, 0.5) is 5.69 Å². The zero-order valence-electron chi connectivity index (χ0n) is 18.3. The van der Waals surface area contributed by atoms with Gasteiger partial charge in [0.25, 0.3) is 0 Å². The number of carbonyl (C=O) groups excluding carboxylic acids is 1. The zero-order chi connectivity index (χ0) is 23.7. The number of thioether (sulfide) groups is 1. The van der Waals surface area contributed by atoms with Crippen molar-refractivity contribution in [2.24, 2.45) is 27.4 Å². The molecule has 0 saturated carbocycles. The molecule has 1 fully saturated rings. The molecule has 11 nitrogen and oxygen atoms in total. The molecule has 176 valence electrons. The van der Waals surface area contributed by atoms with Gasteiger partial charge >= 0.3 is 11.5 Å². The number of nitrogens with zero attached hydrogens (tertiary/aromatic N) is 3. The highest BCUT2D eigenvalue weighted by Gasteiger charge is 2.25. The van der Waals surface area contributed by atoms with Gasteiger partial charge in [0.2, 0.25) is 11.5 Å². The molecule has 5 N–H and O–H groups in total. The number of amidine groups is 2. The van der Waals surface area contributed by atoms with Crippen molar-refractivity contribution in [1.29, 1.82) is 5.41 Å². The smallest absolute Gasteiger partial charge is 0.381 e. The largest absolute Gasteiger partial charge is 0.488 e. The highest BCUT2D eigenvalue weighted by Crippen LogP contribution is 2.30. The third kappa shape index (κ3) is 6.95. The third-order valence-electron chi connectivity index (χ3n) is 4.69. The Balaban J connectivity index is 0.00000544. The molecule has 32 heavy (non-hydrogen) atoms. The van der Waals surface area contributed by atoms with Gasteiger partial charge in [-0.1, -0.05) is 0 Å². The van der Waals surface area contributed by atoms with E-state index in [-0.39, 0.29) is 23.3 Å². The van der Waals surface area contributed by atoms with Crippen molar-refractivity contribution in [3.63, 3.8) is 0 Å². The summed E-state index contributed by atoms with van der Waals surface area (Å²) in [6.07, 6.45) is 4.28. The van der Waals surface area contributed by atoms with Crippen LogP contribution in [0.1, 0.15) is 31.7 Å². The molecule has 1 saturated heterocycles. The summed E-state index contributed by atoms with van der Waals surface area (Å²) in [6.45, 7) is 3.69. The average Bonchev–Trinajstić information content (AvgIpc) is 2.73. The number of nitrogens with one attached hydrogen (secondary N) is 1. The van der Waals surface area contributed by atoms with Crippen LogP contribution in [0, 0.1) is 11.3 Å². The van der Waals surface area contributed by atoms with Crippen LogP contribution in [0.25, 0.3) is 0 Å². The van der Waals surface area contributed by atoms with Gasteiger partial charge in [0.05, 0.1) is 12.8 Å². The number of ether oxygens (including phenoxy) is 2. The van der Waals surface area contributed by atoms with Crippen molar-refractivity contribution in [2.45, 2.75) is 19.8 Å². The first-order chi connectivity index (χ1) is 15.3. The number of allylic oxidation sites excluding steroid dienone is 2. The SMILES string of the molecule is COCC1CCN(c2cc(C(=O)N=C(N)SC(N)=N/C(C)=C\C=N)oc(=O)c2OC)CC1.[HH]. The number of anilines is 1. The monoisotopic (exact) mass is 466 g/mol. The Morgan fingerprint density at radius 1 is 1.34 bits per heavy atom. The number of hydrogen-bond donors (Lipinski definition) is 3. The summed E-state index contributed by atoms with van der Waals surface area (Å²) in [4.78, 5) is 34.7. The Morgan fingerprint density at radius 3 is 2.59 bits per heavy atom. The number of rotatable bonds is 7. The van der Waals surface area contributed by atoms with Gasteiger partial charge in [-0.2, -0.15) is 4.99 Å². The van der Waals surface area contributed by atoms with E-state index in [2.05, 4.69) is 9.98 Å². The molecule has 0 bridgehead atoms. The molecular formula is C20H30N6O5S. The molecule has 0 unspecified atom stereocenters. The summed E-state index contributed by atoms with van der Waals surface area (Å²) >= 11 is 0.778. The summed E-state index contributed by atoms with van der Waals surface area (Å²) in [5.41, 5.74) is 11.7. The number of aliphatic imine (C=N–C) groups is 2. The maximum absolute atomic E-state index is 12.6. The number of nitrogens with two attached hydrogens (primary N) is 2. The fourth-order valence-corrected chi connectivity index (χ4v) is 3.75. The average molecular weight is 467 g/mol. The molecule has 2 heterocycles. The van der Waals surface area contributed by atoms with Crippen LogP contribution >= 0.6 is 11.8 Å². The second kappa shape index (κ2) is 12.1. The van der Waals surface area contributed by atoms with Crippen molar-refractivity contribution < 1.29 is 20.1 Å². The van der Waals surface area contributed by atoms with Crippen molar-refractivity contribution in [3.05, 3.63) is 34.0 Å². The van der Waals surface area contributed by atoms with Crippen LogP contribution < -0.4 is 26.7 Å². The Labute approximate surface area is 191 Å². The summed E-state index contributed by atoms with van der Waals surface area (Å²) in [5.74, 6) is -0.619. The molecule has 2 rings (SSSR count). The van der Waals surface area contributed by atoms with Crippen molar-refractivity contribution in [2.75, 3.05) is 38.8 Å². The molecule has 1 aromatic rings. The quantitative estimate of drug-likeness (QED) is 0.400. The van der Waals surface area contributed by atoms with Crippen molar-refractivity contribution in [3.8, 4) is 5.75 Å². The van der Waals surface area contributed by atoms with Gasteiger partial charge in [-0.05, 0) is 43.5 Å². The first-order valence-electron chi connectivity index (χ1n) is 9.82. The second-order valence-electron chi connectivity index (χ2n) is 6.98. The van der Waals surface area contributed by atoms with E-state index in [1.807, 2.05) is 4.90 Å². The van der Waals surface area contributed by atoms with Gasteiger partial charge in [-0.3, -0.25) is 4.79 Å². The molecule has 1 aromatic heterocycles. The first-order valence-corrected chi connectivity index (χ1v) is 10.6. The Kier molecular flexibility index (Phi) is 9.47. The Hall–Kier alpha value is -3.12. The van der Waals surface area contributed by atoms with Gasteiger partial charge in [0.1, 0.15) is 0 Å². The fraction of sp³-hybridized carbons (Fsp3) is 0.450. The van der Waals surface area contributed by atoms with Gasteiger partial charge in [0, 0.05) is 46.2 Å². The molecule has 0 aliphatic carbocycles. The maximum atomic E-state index is 12.6. The number of methoxy groups -OCH3 is 2. The lowest BCUT2D eigenvalue weighted by Gasteiger charge is -2.33. The van der Waals surface area contributed by atoms with Gasteiger partial charge in [0.15, 0.2) is 10.3 Å². The van der Waals surface area contributed by atoms with E-state index < -0.39 is 11.5 Å². The molecule has 1 aliphatic heterocycles. The molecular weight excluding hydrogens is 436 g/mol. The number of piperidine rings is 1. The van der Waals surface area contributed by atoms with E-state index in [1.54, 1.807) is 14.0 Å². The minimum Gasteiger partial charge on any atom is -0.488 e. The van der Waals surface area contributed by atoms with Crippen LogP contribution in [0.2, 0.25) is 0 Å². The molecule has 0 aromatic carbocycles. The van der Waals surface area contributed by atoms with E-state index >= 15 is 0 Å². The van der Waals surface area contributed by atoms with Crippen LogP contribution in [0.15, 0.2) is 37.0 Å². The standard InChI is InChI=1S/C20H28N6O5S.H2/c1-12(4-7-21)24-19(22)32-20(23)25-17(27)15-10-14(16(30-3)18(28)31-15)26-8-5-13(6-9-26)11-29-2;/h4,7,10,13,21H,5-6,8-9,11H2,1-3H3,(H2,22,24)(H2,23,25,27);1H/b12-4-,21-7?;. The number of hydrogen-bond acceptors (Lipinski definition) is 9. The minimum atomic E-state index is -0.829.